The van der Waals surface area contributed by atoms with E-state index < -0.39 is 0 Å². The number of fused-ring (bicyclic) bond motifs is 1. The van der Waals surface area contributed by atoms with Crippen LogP contribution < -0.4 is 9.80 Å². The van der Waals surface area contributed by atoms with Crippen LogP contribution in [0.3, 0.4) is 0 Å². The van der Waals surface area contributed by atoms with Crippen LogP contribution in [0.5, 0.6) is 0 Å². The monoisotopic (exact) mass is 296 g/mol. The highest BCUT2D eigenvalue weighted by atomic mass is 15.3. The molecule has 1 fully saturated rings. The van der Waals surface area contributed by atoms with E-state index in [-0.39, 0.29) is 0 Å². The molecule has 1 aliphatic rings. The molecular formula is C14H16N8. The maximum absolute atomic E-state index is 4.40. The number of anilines is 2. The van der Waals surface area contributed by atoms with E-state index in [4.69, 9.17) is 0 Å². The first-order valence-electron chi connectivity index (χ1n) is 7.13. The largest absolute Gasteiger partial charge is 0.352 e. The molecule has 0 aliphatic carbocycles. The van der Waals surface area contributed by atoms with Gasteiger partial charge >= 0.3 is 0 Å². The van der Waals surface area contributed by atoms with Crippen molar-refractivity contribution in [3.05, 3.63) is 30.6 Å². The minimum atomic E-state index is 0.392. The highest BCUT2D eigenvalue weighted by Gasteiger charge is 2.32. The van der Waals surface area contributed by atoms with Crippen molar-refractivity contribution in [1.29, 1.82) is 0 Å². The van der Waals surface area contributed by atoms with E-state index in [1.165, 1.54) is 0 Å². The summed E-state index contributed by atoms with van der Waals surface area (Å²) < 4.78 is 0. The number of hydrogen-bond acceptors (Lipinski definition) is 7. The van der Waals surface area contributed by atoms with Crippen LogP contribution in [0.15, 0.2) is 24.9 Å². The Balaban J connectivity index is 1.52. The Labute approximate surface area is 127 Å². The highest BCUT2D eigenvalue weighted by Crippen LogP contribution is 2.27. The second kappa shape index (κ2) is 4.90. The fraction of sp³-hybridized carbons (Fsp3) is 0.357. The maximum Gasteiger partial charge on any atom is 0.160 e. The van der Waals surface area contributed by atoms with E-state index in [2.05, 4.69) is 47.0 Å². The van der Waals surface area contributed by atoms with Crippen LogP contribution in [0, 0.1) is 6.92 Å². The molecule has 0 bridgehead atoms. The first kappa shape index (κ1) is 12.9. The van der Waals surface area contributed by atoms with Gasteiger partial charge in [-0.2, -0.15) is 5.10 Å². The van der Waals surface area contributed by atoms with Crippen LogP contribution in [0.25, 0.3) is 11.0 Å². The Hall–Kier alpha value is -2.77. The van der Waals surface area contributed by atoms with Gasteiger partial charge in [0.2, 0.25) is 0 Å². The summed E-state index contributed by atoms with van der Waals surface area (Å²) in [6, 6.07) is 2.40. The average molecular weight is 296 g/mol. The molecule has 0 amide bonds. The molecule has 4 rings (SSSR count). The molecule has 22 heavy (non-hydrogen) atoms. The lowest BCUT2D eigenvalue weighted by atomic mass is 10.1. The van der Waals surface area contributed by atoms with Gasteiger partial charge in [0.25, 0.3) is 0 Å². The van der Waals surface area contributed by atoms with E-state index in [1.54, 1.807) is 18.9 Å². The fourth-order valence-corrected chi connectivity index (χ4v) is 2.71. The van der Waals surface area contributed by atoms with Crippen molar-refractivity contribution in [3.63, 3.8) is 0 Å². The first-order chi connectivity index (χ1) is 10.7. The van der Waals surface area contributed by atoms with Crippen LogP contribution in [0.1, 0.15) is 5.69 Å². The fourth-order valence-electron chi connectivity index (χ4n) is 2.71. The predicted molar refractivity (Wildman–Crippen MR) is 82.9 cm³/mol. The van der Waals surface area contributed by atoms with Crippen molar-refractivity contribution in [2.24, 2.45) is 0 Å². The van der Waals surface area contributed by atoms with Gasteiger partial charge in [0, 0.05) is 31.9 Å². The molecule has 3 aromatic heterocycles. The Morgan fingerprint density at radius 1 is 1.18 bits per heavy atom. The normalized spacial score (nSPS) is 15.1. The standard InChI is InChI=1S/C14H16N8/c1-9-3-12(16-7-15-9)22-5-10(6-22)21(2)14-11-4-19-20-13(11)17-8-18-14/h3-4,7-8,10H,5-6H2,1-2H3,(H,17,18,19,20). The molecule has 1 N–H and O–H groups in total. The summed E-state index contributed by atoms with van der Waals surface area (Å²) in [5.74, 6) is 1.88. The van der Waals surface area contributed by atoms with Crippen molar-refractivity contribution in [2.75, 3.05) is 29.9 Å². The molecule has 1 saturated heterocycles. The molecular weight excluding hydrogens is 280 g/mol. The van der Waals surface area contributed by atoms with Crippen LogP contribution in [-0.4, -0.2) is 56.3 Å². The highest BCUT2D eigenvalue weighted by molar-refractivity contribution is 5.86. The zero-order valence-electron chi connectivity index (χ0n) is 12.4. The van der Waals surface area contributed by atoms with Crippen molar-refractivity contribution >= 4 is 22.7 Å². The minimum absolute atomic E-state index is 0.392. The van der Waals surface area contributed by atoms with E-state index in [1.807, 2.05) is 13.0 Å². The van der Waals surface area contributed by atoms with Crippen LogP contribution in [0.2, 0.25) is 0 Å². The number of aryl methyl sites for hydroxylation is 1. The van der Waals surface area contributed by atoms with Gasteiger partial charge in [-0.15, -0.1) is 0 Å². The van der Waals surface area contributed by atoms with Gasteiger partial charge in [-0.25, -0.2) is 19.9 Å². The average Bonchev–Trinajstić information content (AvgIpc) is 2.94. The third kappa shape index (κ3) is 2.03. The summed E-state index contributed by atoms with van der Waals surface area (Å²) in [7, 11) is 2.06. The molecule has 0 aromatic carbocycles. The number of aromatic nitrogens is 6. The zero-order chi connectivity index (χ0) is 15.1. The summed E-state index contributed by atoms with van der Waals surface area (Å²) >= 11 is 0. The molecule has 0 spiro atoms. The minimum Gasteiger partial charge on any atom is -0.352 e. The molecule has 3 aromatic rings. The van der Waals surface area contributed by atoms with E-state index in [0.717, 1.165) is 41.5 Å². The Kier molecular flexibility index (Phi) is 2.88. The number of hydrogen-bond donors (Lipinski definition) is 1. The van der Waals surface area contributed by atoms with Gasteiger partial charge in [-0.3, -0.25) is 5.10 Å². The second-order valence-electron chi connectivity index (χ2n) is 5.52. The lowest BCUT2D eigenvalue weighted by Gasteiger charge is -2.45. The lowest BCUT2D eigenvalue weighted by Crippen LogP contribution is -2.59. The van der Waals surface area contributed by atoms with Crippen LogP contribution in [-0.2, 0) is 0 Å². The van der Waals surface area contributed by atoms with E-state index >= 15 is 0 Å². The van der Waals surface area contributed by atoms with Crippen LogP contribution in [0.4, 0.5) is 11.6 Å². The molecule has 0 unspecified atom stereocenters. The maximum atomic E-state index is 4.40. The van der Waals surface area contributed by atoms with Gasteiger partial charge in [-0.1, -0.05) is 0 Å². The van der Waals surface area contributed by atoms with Crippen molar-refractivity contribution < 1.29 is 0 Å². The number of nitrogens with zero attached hydrogens (tertiary/aromatic N) is 7. The SMILES string of the molecule is Cc1cc(N2CC(N(C)c3ncnc4[nH]ncc34)C2)ncn1. The molecule has 8 nitrogen and oxygen atoms in total. The molecule has 0 radical (unpaired) electrons. The molecule has 0 atom stereocenters. The topological polar surface area (TPSA) is 86.7 Å². The first-order valence-corrected chi connectivity index (χ1v) is 7.13. The van der Waals surface area contributed by atoms with E-state index in [9.17, 15) is 0 Å². The molecule has 112 valence electrons. The number of rotatable bonds is 3. The third-order valence-electron chi connectivity index (χ3n) is 4.08. The molecule has 0 saturated carbocycles. The van der Waals surface area contributed by atoms with Gasteiger partial charge < -0.3 is 9.80 Å². The number of nitrogens with one attached hydrogen (secondary N) is 1. The summed E-state index contributed by atoms with van der Waals surface area (Å²) in [4.78, 5) is 21.5. The van der Waals surface area contributed by atoms with Gasteiger partial charge in [0.1, 0.15) is 24.3 Å². The predicted octanol–water partition coefficient (Wildman–Crippen LogP) is 0.776. The summed E-state index contributed by atoms with van der Waals surface area (Å²) in [6.07, 6.45) is 4.95. The summed E-state index contributed by atoms with van der Waals surface area (Å²) in [5.41, 5.74) is 1.75. The van der Waals surface area contributed by atoms with Crippen molar-refractivity contribution in [1.82, 2.24) is 30.1 Å². The number of likely N-dealkylation sites (N-methyl/N-ethyl adjacent to an activating group) is 1. The summed E-state index contributed by atoms with van der Waals surface area (Å²) in [6.45, 7) is 3.80. The smallest absolute Gasteiger partial charge is 0.160 e. The van der Waals surface area contributed by atoms with Crippen LogP contribution >= 0.6 is 0 Å². The number of H-pyrrole nitrogens is 1. The molecule has 1 aliphatic heterocycles. The van der Waals surface area contributed by atoms with Gasteiger partial charge in [-0.05, 0) is 6.92 Å². The Morgan fingerprint density at radius 2 is 2.00 bits per heavy atom. The summed E-state index contributed by atoms with van der Waals surface area (Å²) in [5, 5.41) is 7.86. The Bertz CT molecular complexity index is 807. The molecule has 8 heteroatoms. The van der Waals surface area contributed by atoms with Crippen molar-refractivity contribution in [3.8, 4) is 0 Å². The quantitative estimate of drug-likeness (QED) is 0.764. The molecule has 4 heterocycles. The lowest BCUT2D eigenvalue weighted by molar-refractivity contribution is 0.490. The number of aromatic amines is 1. The Morgan fingerprint density at radius 3 is 2.82 bits per heavy atom. The van der Waals surface area contributed by atoms with Gasteiger partial charge in [0.15, 0.2) is 5.65 Å². The van der Waals surface area contributed by atoms with Gasteiger partial charge in [0.05, 0.1) is 17.6 Å². The second-order valence-corrected chi connectivity index (χ2v) is 5.52. The van der Waals surface area contributed by atoms with Crippen molar-refractivity contribution in [2.45, 2.75) is 13.0 Å². The van der Waals surface area contributed by atoms with E-state index in [0.29, 0.717) is 6.04 Å². The zero-order valence-corrected chi connectivity index (χ0v) is 12.4. The third-order valence-corrected chi connectivity index (χ3v) is 4.08.